The van der Waals surface area contributed by atoms with Crippen LogP contribution in [0.4, 0.5) is 0 Å². The van der Waals surface area contributed by atoms with E-state index in [-0.39, 0.29) is 0 Å². The van der Waals surface area contributed by atoms with Crippen molar-refractivity contribution in [2.45, 2.75) is 39.5 Å². The molecule has 0 aliphatic heterocycles. The van der Waals surface area contributed by atoms with Gasteiger partial charge >= 0.3 is 0 Å². The minimum absolute atomic E-state index is 0.299. The van der Waals surface area contributed by atoms with E-state index in [1.165, 1.54) is 5.57 Å². The fraction of sp³-hybridized carbons (Fsp3) is 0.667. The minimum atomic E-state index is 0.299. The first-order chi connectivity index (χ1) is 6.20. The SMILES string of the molecule is C=CCC(C)CC=C(C)CCCO. The van der Waals surface area contributed by atoms with Gasteiger partial charge in [-0.25, -0.2) is 0 Å². The number of rotatable bonds is 7. The van der Waals surface area contributed by atoms with Crippen LogP contribution in [0.3, 0.4) is 0 Å². The molecular formula is C12H22O. The number of hydrogen-bond acceptors (Lipinski definition) is 1. The van der Waals surface area contributed by atoms with E-state index in [2.05, 4.69) is 26.5 Å². The van der Waals surface area contributed by atoms with Crippen LogP contribution in [-0.4, -0.2) is 11.7 Å². The monoisotopic (exact) mass is 182 g/mol. The molecular weight excluding hydrogens is 160 g/mol. The molecule has 0 aliphatic rings. The molecule has 0 aromatic rings. The molecule has 0 aliphatic carbocycles. The largest absolute Gasteiger partial charge is 0.396 e. The molecule has 0 amide bonds. The van der Waals surface area contributed by atoms with Crippen LogP contribution in [0.15, 0.2) is 24.3 Å². The van der Waals surface area contributed by atoms with Crippen LogP contribution in [0, 0.1) is 5.92 Å². The fourth-order valence-corrected chi connectivity index (χ4v) is 1.24. The average molecular weight is 182 g/mol. The molecule has 1 unspecified atom stereocenters. The maximum Gasteiger partial charge on any atom is 0.0434 e. The first-order valence-corrected chi connectivity index (χ1v) is 5.08. The third kappa shape index (κ3) is 7.79. The Balaban J connectivity index is 3.61. The molecule has 0 spiro atoms. The van der Waals surface area contributed by atoms with Gasteiger partial charge in [-0.1, -0.05) is 24.6 Å². The smallest absolute Gasteiger partial charge is 0.0434 e. The van der Waals surface area contributed by atoms with Gasteiger partial charge in [-0.05, 0) is 38.5 Å². The Bertz CT molecular complexity index is 159. The molecule has 0 saturated heterocycles. The van der Waals surface area contributed by atoms with Gasteiger partial charge in [-0.2, -0.15) is 0 Å². The predicted molar refractivity (Wildman–Crippen MR) is 58.7 cm³/mol. The van der Waals surface area contributed by atoms with Gasteiger partial charge in [0.1, 0.15) is 0 Å². The highest BCUT2D eigenvalue weighted by Gasteiger charge is 1.96. The first kappa shape index (κ1) is 12.4. The molecule has 0 saturated carbocycles. The normalized spacial score (nSPS) is 14.2. The second-order valence-electron chi connectivity index (χ2n) is 3.74. The van der Waals surface area contributed by atoms with Gasteiger partial charge in [-0.3, -0.25) is 0 Å². The quantitative estimate of drug-likeness (QED) is 0.599. The summed E-state index contributed by atoms with van der Waals surface area (Å²) in [6.07, 6.45) is 8.38. The Kier molecular flexibility index (Phi) is 7.71. The predicted octanol–water partition coefficient (Wildman–Crippen LogP) is 3.31. The van der Waals surface area contributed by atoms with Crippen LogP contribution in [-0.2, 0) is 0 Å². The number of aliphatic hydroxyl groups is 1. The number of hydrogen-bond donors (Lipinski definition) is 1. The van der Waals surface area contributed by atoms with Crippen molar-refractivity contribution in [3.63, 3.8) is 0 Å². The number of allylic oxidation sites excluding steroid dienone is 3. The highest BCUT2D eigenvalue weighted by atomic mass is 16.2. The molecule has 1 atom stereocenters. The lowest BCUT2D eigenvalue weighted by molar-refractivity contribution is 0.288. The molecule has 0 radical (unpaired) electrons. The van der Waals surface area contributed by atoms with Gasteiger partial charge in [0.2, 0.25) is 0 Å². The van der Waals surface area contributed by atoms with E-state index in [4.69, 9.17) is 5.11 Å². The van der Waals surface area contributed by atoms with Gasteiger partial charge in [0.15, 0.2) is 0 Å². The van der Waals surface area contributed by atoms with Crippen LogP contribution in [0.1, 0.15) is 39.5 Å². The van der Waals surface area contributed by atoms with Gasteiger partial charge in [0.05, 0.1) is 0 Å². The average Bonchev–Trinajstić information content (AvgIpc) is 2.12. The lowest BCUT2D eigenvalue weighted by Gasteiger charge is -2.05. The first-order valence-electron chi connectivity index (χ1n) is 5.08. The summed E-state index contributed by atoms with van der Waals surface area (Å²) >= 11 is 0. The van der Waals surface area contributed by atoms with Crippen LogP contribution < -0.4 is 0 Å². The van der Waals surface area contributed by atoms with Gasteiger partial charge in [-0.15, -0.1) is 6.58 Å². The standard InChI is InChI=1S/C12H22O/c1-4-6-11(2)8-9-12(3)7-5-10-13/h4,9,11,13H,1,5-8,10H2,2-3H3. The summed E-state index contributed by atoms with van der Waals surface area (Å²) in [7, 11) is 0. The van der Waals surface area contributed by atoms with E-state index in [9.17, 15) is 0 Å². The summed E-state index contributed by atoms with van der Waals surface area (Å²) in [5.41, 5.74) is 1.39. The summed E-state index contributed by atoms with van der Waals surface area (Å²) < 4.78 is 0. The Hall–Kier alpha value is -0.560. The molecule has 1 heteroatoms. The van der Waals surface area contributed by atoms with Crippen LogP contribution in [0.25, 0.3) is 0 Å². The Morgan fingerprint density at radius 3 is 2.69 bits per heavy atom. The fourth-order valence-electron chi connectivity index (χ4n) is 1.24. The van der Waals surface area contributed by atoms with Crippen LogP contribution >= 0.6 is 0 Å². The van der Waals surface area contributed by atoms with Crippen molar-refractivity contribution < 1.29 is 5.11 Å². The van der Waals surface area contributed by atoms with E-state index in [0.29, 0.717) is 12.5 Å². The van der Waals surface area contributed by atoms with E-state index in [1.807, 2.05) is 6.08 Å². The molecule has 0 heterocycles. The Morgan fingerprint density at radius 2 is 2.15 bits per heavy atom. The lowest BCUT2D eigenvalue weighted by atomic mass is 10.0. The van der Waals surface area contributed by atoms with Crippen LogP contribution in [0.2, 0.25) is 0 Å². The van der Waals surface area contributed by atoms with Crippen molar-refractivity contribution in [2.75, 3.05) is 6.61 Å². The Morgan fingerprint density at radius 1 is 1.46 bits per heavy atom. The van der Waals surface area contributed by atoms with Gasteiger partial charge in [0.25, 0.3) is 0 Å². The van der Waals surface area contributed by atoms with Crippen molar-refractivity contribution >= 4 is 0 Å². The van der Waals surface area contributed by atoms with E-state index in [0.717, 1.165) is 25.7 Å². The maximum absolute atomic E-state index is 8.64. The molecule has 0 bridgehead atoms. The molecule has 0 rings (SSSR count). The summed E-state index contributed by atoms with van der Waals surface area (Å²) in [6.45, 7) is 8.39. The van der Waals surface area contributed by atoms with Gasteiger partial charge in [0, 0.05) is 6.61 Å². The van der Waals surface area contributed by atoms with E-state index in [1.54, 1.807) is 0 Å². The van der Waals surface area contributed by atoms with Crippen LogP contribution in [0.5, 0.6) is 0 Å². The summed E-state index contributed by atoms with van der Waals surface area (Å²) in [5.74, 6) is 0.696. The highest BCUT2D eigenvalue weighted by molar-refractivity contribution is 4.98. The van der Waals surface area contributed by atoms with Crippen molar-refractivity contribution in [3.05, 3.63) is 24.3 Å². The molecule has 1 nitrogen and oxygen atoms in total. The van der Waals surface area contributed by atoms with Crippen molar-refractivity contribution in [1.29, 1.82) is 0 Å². The summed E-state index contributed by atoms with van der Waals surface area (Å²) in [4.78, 5) is 0. The van der Waals surface area contributed by atoms with Crippen molar-refractivity contribution in [3.8, 4) is 0 Å². The second-order valence-corrected chi connectivity index (χ2v) is 3.74. The molecule has 76 valence electrons. The minimum Gasteiger partial charge on any atom is -0.396 e. The zero-order chi connectivity index (χ0) is 10.1. The topological polar surface area (TPSA) is 20.2 Å². The lowest BCUT2D eigenvalue weighted by Crippen LogP contribution is -1.91. The highest BCUT2D eigenvalue weighted by Crippen LogP contribution is 2.12. The zero-order valence-corrected chi connectivity index (χ0v) is 8.92. The van der Waals surface area contributed by atoms with Crippen molar-refractivity contribution in [1.82, 2.24) is 0 Å². The van der Waals surface area contributed by atoms with E-state index >= 15 is 0 Å². The Labute approximate surface area is 82.2 Å². The maximum atomic E-state index is 8.64. The van der Waals surface area contributed by atoms with Crippen molar-refractivity contribution in [2.24, 2.45) is 5.92 Å². The number of aliphatic hydroxyl groups excluding tert-OH is 1. The third-order valence-corrected chi connectivity index (χ3v) is 2.17. The molecule has 0 aromatic carbocycles. The molecule has 13 heavy (non-hydrogen) atoms. The summed E-state index contributed by atoms with van der Waals surface area (Å²) in [6, 6.07) is 0. The molecule has 1 N–H and O–H groups in total. The van der Waals surface area contributed by atoms with E-state index < -0.39 is 0 Å². The molecule has 0 fully saturated rings. The summed E-state index contributed by atoms with van der Waals surface area (Å²) in [5, 5.41) is 8.64. The third-order valence-electron chi connectivity index (χ3n) is 2.17. The van der Waals surface area contributed by atoms with Gasteiger partial charge < -0.3 is 5.11 Å². The molecule has 0 aromatic heterocycles. The second kappa shape index (κ2) is 8.06. The zero-order valence-electron chi connectivity index (χ0n) is 8.92.